The lowest BCUT2D eigenvalue weighted by Gasteiger charge is -2.01. The van der Waals surface area contributed by atoms with E-state index in [1.54, 1.807) is 24.3 Å². The first-order chi connectivity index (χ1) is 8.02. The molecule has 0 saturated carbocycles. The molecule has 0 aliphatic heterocycles. The summed E-state index contributed by atoms with van der Waals surface area (Å²) in [6.07, 6.45) is 1.49. The molecule has 0 aromatic heterocycles. The second-order valence-corrected chi connectivity index (χ2v) is 3.39. The number of ether oxygens (including phenoxy) is 1. The summed E-state index contributed by atoms with van der Waals surface area (Å²) in [5.74, 6) is -0.248. The zero-order valence-corrected chi connectivity index (χ0v) is 9.56. The molecule has 0 radical (unpaired) electrons. The predicted molar refractivity (Wildman–Crippen MR) is 62.0 cm³/mol. The number of nitrogens with zero attached hydrogens (tertiary/aromatic N) is 1. The summed E-state index contributed by atoms with van der Waals surface area (Å²) in [5, 5.41) is 8.72. The highest BCUT2D eigenvalue weighted by Crippen LogP contribution is 2.14. The molecule has 1 aromatic rings. The Balaban J connectivity index is 2.92. The SMILES string of the molecule is CC(=O)Oc1ccc(/C=C(\C#N)C(C)=O)cc1. The van der Waals surface area contributed by atoms with Gasteiger partial charge in [-0.15, -0.1) is 0 Å². The molecular weight excluding hydrogens is 218 g/mol. The van der Waals surface area contributed by atoms with Gasteiger partial charge in [0.25, 0.3) is 0 Å². The van der Waals surface area contributed by atoms with Crippen molar-refractivity contribution in [1.29, 1.82) is 5.26 Å². The molecule has 1 aromatic carbocycles. The summed E-state index contributed by atoms with van der Waals surface area (Å²) in [5.41, 5.74) is 0.790. The number of nitriles is 1. The first-order valence-electron chi connectivity index (χ1n) is 4.94. The van der Waals surface area contributed by atoms with Gasteiger partial charge in [-0.3, -0.25) is 9.59 Å². The van der Waals surface area contributed by atoms with Gasteiger partial charge in [0.2, 0.25) is 0 Å². The standard InChI is InChI=1S/C13H11NO3/c1-9(15)12(8-14)7-11-3-5-13(6-4-11)17-10(2)16/h3-7H,1-2H3/b12-7+. The van der Waals surface area contributed by atoms with Gasteiger partial charge in [-0.05, 0) is 30.7 Å². The molecule has 17 heavy (non-hydrogen) atoms. The number of ketones is 1. The molecule has 86 valence electrons. The van der Waals surface area contributed by atoms with Crippen LogP contribution in [0.15, 0.2) is 29.8 Å². The van der Waals surface area contributed by atoms with Gasteiger partial charge in [0.1, 0.15) is 11.8 Å². The van der Waals surface area contributed by atoms with Crippen molar-refractivity contribution >= 4 is 17.8 Å². The molecule has 0 N–H and O–H groups in total. The molecule has 0 aliphatic rings. The van der Waals surface area contributed by atoms with E-state index in [1.807, 2.05) is 6.07 Å². The van der Waals surface area contributed by atoms with Crippen LogP contribution in [0.1, 0.15) is 19.4 Å². The van der Waals surface area contributed by atoms with E-state index >= 15 is 0 Å². The van der Waals surface area contributed by atoms with Crippen molar-refractivity contribution in [2.45, 2.75) is 13.8 Å². The fourth-order valence-electron chi connectivity index (χ4n) is 1.18. The van der Waals surface area contributed by atoms with Gasteiger partial charge in [0.15, 0.2) is 5.78 Å². The van der Waals surface area contributed by atoms with Crippen molar-refractivity contribution in [3.63, 3.8) is 0 Å². The third kappa shape index (κ3) is 3.92. The minimum absolute atomic E-state index is 0.0882. The Labute approximate surface area is 99.1 Å². The smallest absolute Gasteiger partial charge is 0.308 e. The van der Waals surface area contributed by atoms with E-state index in [0.717, 1.165) is 0 Å². The summed E-state index contributed by atoms with van der Waals surface area (Å²) in [4.78, 5) is 21.7. The van der Waals surface area contributed by atoms with Gasteiger partial charge in [0, 0.05) is 6.92 Å². The fourth-order valence-corrected chi connectivity index (χ4v) is 1.18. The molecule has 0 aliphatic carbocycles. The van der Waals surface area contributed by atoms with Crippen molar-refractivity contribution in [3.8, 4) is 11.8 Å². The number of carbonyl (C=O) groups is 2. The highest BCUT2D eigenvalue weighted by Gasteiger charge is 2.02. The van der Waals surface area contributed by atoms with E-state index in [2.05, 4.69) is 0 Å². The summed E-state index contributed by atoms with van der Waals surface area (Å²) in [7, 11) is 0. The molecule has 0 atom stereocenters. The molecule has 0 heterocycles. The second-order valence-electron chi connectivity index (χ2n) is 3.39. The minimum Gasteiger partial charge on any atom is -0.427 e. The quantitative estimate of drug-likeness (QED) is 0.344. The number of benzene rings is 1. The van der Waals surface area contributed by atoms with Crippen LogP contribution in [0.5, 0.6) is 5.75 Å². The number of Topliss-reactive ketones (excluding diaryl/α,β-unsaturated/α-hetero) is 1. The first-order valence-corrected chi connectivity index (χ1v) is 4.94. The maximum absolute atomic E-state index is 11.0. The van der Waals surface area contributed by atoms with E-state index in [1.165, 1.54) is 19.9 Å². The van der Waals surface area contributed by atoms with Crippen molar-refractivity contribution in [2.75, 3.05) is 0 Å². The van der Waals surface area contributed by atoms with Gasteiger partial charge in [0.05, 0.1) is 5.57 Å². The maximum atomic E-state index is 11.0. The van der Waals surface area contributed by atoms with Crippen molar-refractivity contribution in [1.82, 2.24) is 0 Å². The Morgan fingerprint density at radius 2 is 1.82 bits per heavy atom. The average molecular weight is 229 g/mol. The van der Waals surface area contributed by atoms with E-state index in [4.69, 9.17) is 10.00 Å². The molecule has 0 fully saturated rings. The molecule has 0 spiro atoms. The van der Waals surface area contributed by atoms with Crippen LogP contribution in [-0.4, -0.2) is 11.8 Å². The zero-order valence-electron chi connectivity index (χ0n) is 9.56. The van der Waals surface area contributed by atoms with Crippen LogP contribution in [-0.2, 0) is 9.59 Å². The molecule has 4 nitrogen and oxygen atoms in total. The molecule has 0 saturated heterocycles. The summed E-state index contributed by atoms with van der Waals surface area (Å²) >= 11 is 0. The Morgan fingerprint density at radius 3 is 2.24 bits per heavy atom. The Hall–Kier alpha value is -2.41. The maximum Gasteiger partial charge on any atom is 0.308 e. The number of esters is 1. The highest BCUT2D eigenvalue weighted by molar-refractivity contribution is 6.01. The average Bonchev–Trinajstić information content (AvgIpc) is 2.26. The van der Waals surface area contributed by atoms with Gasteiger partial charge in [-0.2, -0.15) is 5.26 Å². The molecule has 0 unspecified atom stereocenters. The lowest BCUT2D eigenvalue weighted by atomic mass is 10.1. The first kappa shape index (κ1) is 12.7. The van der Waals surface area contributed by atoms with Crippen LogP contribution >= 0.6 is 0 Å². The number of hydrogen-bond donors (Lipinski definition) is 0. The summed E-state index contributed by atoms with van der Waals surface area (Å²) in [6, 6.07) is 8.35. The van der Waals surface area contributed by atoms with Crippen LogP contribution < -0.4 is 4.74 Å². The van der Waals surface area contributed by atoms with Crippen molar-refractivity contribution in [2.24, 2.45) is 0 Å². The van der Waals surface area contributed by atoms with Gasteiger partial charge < -0.3 is 4.74 Å². The van der Waals surface area contributed by atoms with Crippen LogP contribution in [0.3, 0.4) is 0 Å². The number of allylic oxidation sites excluding steroid dienone is 1. The highest BCUT2D eigenvalue weighted by atomic mass is 16.5. The van der Waals surface area contributed by atoms with E-state index in [0.29, 0.717) is 11.3 Å². The Kier molecular flexibility index (Phi) is 4.18. The number of hydrogen-bond acceptors (Lipinski definition) is 4. The largest absolute Gasteiger partial charge is 0.427 e. The van der Waals surface area contributed by atoms with E-state index < -0.39 is 5.97 Å². The minimum atomic E-state index is -0.394. The van der Waals surface area contributed by atoms with Crippen LogP contribution in [0.25, 0.3) is 6.08 Å². The number of rotatable bonds is 3. The van der Waals surface area contributed by atoms with Crippen LogP contribution in [0, 0.1) is 11.3 Å². The lowest BCUT2D eigenvalue weighted by molar-refractivity contribution is -0.131. The molecular formula is C13H11NO3. The van der Waals surface area contributed by atoms with E-state index in [-0.39, 0.29) is 11.4 Å². The Bertz CT molecular complexity index is 506. The molecule has 1 rings (SSSR count). The normalized spacial score (nSPS) is 10.5. The van der Waals surface area contributed by atoms with Gasteiger partial charge in [-0.25, -0.2) is 0 Å². The topological polar surface area (TPSA) is 67.2 Å². The van der Waals surface area contributed by atoms with E-state index in [9.17, 15) is 9.59 Å². The van der Waals surface area contributed by atoms with Crippen molar-refractivity contribution < 1.29 is 14.3 Å². The van der Waals surface area contributed by atoms with Crippen LogP contribution in [0.4, 0.5) is 0 Å². The monoisotopic (exact) mass is 229 g/mol. The van der Waals surface area contributed by atoms with Crippen molar-refractivity contribution in [3.05, 3.63) is 35.4 Å². The van der Waals surface area contributed by atoms with Gasteiger partial charge in [-0.1, -0.05) is 12.1 Å². The number of carbonyl (C=O) groups excluding carboxylic acids is 2. The Morgan fingerprint density at radius 1 is 1.24 bits per heavy atom. The summed E-state index contributed by atoms with van der Waals surface area (Å²) < 4.78 is 4.86. The zero-order chi connectivity index (χ0) is 12.8. The molecule has 0 bridgehead atoms. The summed E-state index contributed by atoms with van der Waals surface area (Å²) in [6.45, 7) is 2.65. The second kappa shape index (κ2) is 5.61. The molecule has 0 amide bonds. The lowest BCUT2D eigenvalue weighted by Crippen LogP contribution is -2.00. The third-order valence-corrected chi connectivity index (χ3v) is 1.95. The molecule has 4 heteroatoms. The predicted octanol–water partition coefficient (Wildman–Crippen LogP) is 2.11. The van der Waals surface area contributed by atoms with Crippen LogP contribution in [0.2, 0.25) is 0 Å². The fraction of sp³-hybridized carbons (Fsp3) is 0.154. The third-order valence-electron chi connectivity index (χ3n) is 1.95. The van der Waals surface area contributed by atoms with Gasteiger partial charge >= 0.3 is 5.97 Å².